The summed E-state index contributed by atoms with van der Waals surface area (Å²) in [6, 6.07) is 13.6. The maximum atomic E-state index is 14.6. The van der Waals surface area contributed by atoms with Crippen molar-refractivity contribution in [1.82, 2.24) is 39.8 Å². The number of carbonyl (C=O) groups is 1. The summed E-state index contributed by atoms with van der Waals surface area (Å²) in [4.78, 5) is 31.0. The van der Waals surface area contributed by atoms with Gasteiger partial charge < -0.3 is 15.2 Å². The molecular formula is C30H28FN9O3S. The van der Waals surface area contributed by atoms with Crippen molar-refractivity contribution >= 4 is 43.6 Å². The first-order valence-electron chi connectivity index (χ1n) is 13.5. The number of nitrogens with zero attached hydrogens (tertiary/aromatic N) is 5. The fourth-order valence-corrected chi connectivity index (χ4v) is 5.32. The van der Waals surface area contributed by atoms with Crippen molar-refractivity contribution in [1.29, 1.82) is 0 Å². The molecule has 4 heterocycles. The zero-order valence-electron chi connectivity index (χ0n) is 24.0. The average Bonchev–Trinajstić information content (AvgIpc) is 3.59. The summed E-state index contributed by atoms with van der Waals surface area (Å²) in [5, 5.41) is 11.1. The standard InChI is InChI=1S/C30H28FN9O3S/c1-40(2)16-27(41)35-21-10-19(13-32-14-21)25-11-23-26(15-33-25)38-39-29(23)30-36-24-6-4-5-22(28(24)37-30)18-7-17(8-20(31)9-18)12-34-44(3,42)43/h4-11,13-15,34H,12,16H2,1-3H3,(H,35,41)(H,36,37)(H,38,39). The molecule has 0 aliphatic carbocycles. The molecular weight excluding hydrogens is 585 g/mol. The van der Waals surface area contributed by atoms with Gasteiger partial charge in [0.15, 0.2) is 5.82 Å². The van der Waals surface area contributed by atoms with Gasteiger partial charge in [0, 0.05) is 29.3 Å². The van der Waals surface area contributed by atoms with Gasteiger partial charge in [-0.25, -0.2) is 22.5 Å². The first-order chi connectivity index (χ1) is 21.0. The molecule has 6 aromatic rings. The molecule has 0 bridgehead atoms. The van der Waals surface area contributed by atoms with E-state index in [1.165, 1.54) is 12.1 Å². The zero-order chi connectivity index (χ0) is 31.0. The van der Waals surface area contributed by atoms with E-state index in [1.807, 2.05) is 38.4 Å². The third-order valence-electron chi connectivity index (χ3n) is 6.77. The van der Waals surface area contributed by atoms with E-state index in [1.54, 1.807) is 35.6 Å². The molecule has 14 heteroatoms. The number of imidazole rings is 1. The van der Waals surface area contributed by atoms with Gasteiger partial charge in [-0.3, -0.25) is 19.9 Å². The number of para-hydroxylation sites is 1. The Hall–Kier alpha value is -5.05. The number of hydrogen-bond acceptors (Lipinski definition) is 8. The Kier molecular flexibility index (Phi) is 7.63. The number of aromatic nitrogens is 6. The first-order valence-corrected chi connectivity index (χ1v) is 15.4. The largest absolute Gasteiger partial charge is 0.337 e. The summed E-state index contributed by atoms with van der Waals surface area (Å²) >= 11 is 0. The summed E-state index contributed by atoms with van der Waals surface area (Å²) < 4.78 is 40.1. The number of amides is 1. The molecule has 0 spiro atoms. The van der Waals surface area contributed by atoms with Gasteiger partial charge >= 0.3 is 0 Å². The molecule has 0 saturated carbocycles. The Morgan fingerprint density at radius 2 is 1.86 bits per heavy atom. The van der Waals surface area contributed by atoms with E-state index in [9.17, 15) is 17.6 Å². The summed E-state index contributed by atoms with van der Waals surface area (Å²) in [5.41, 5.74) is 6.18. The van der Waals surface area contributed by atoms with Crippen molar-refractivity contribution in [2.45, 2.75) is 6.54 Å². The SMILES string of the molecule is CN(C)CC(=O)Nc1cncc(-c2cc3c(-c4nc5c(-c6cc(F)cc(CNS(C)(=O)=O)c6)cccc5[nH]4)n[nH]c3cn2)c1. The maximum absolute atomic E-state index is 14.6. The Bertz CT molecular complexity index is 2140. The molecule has 0 aliphatic rings. The topological polar surface area (TPSA) is 162 Å². The Morgan fingerprint density at radius 3 is 2.66 bits per heavy atom. The number of sulfonamides is 1. The van der Waals surface area contributed by atoms with Crippen molar-refractivity contribution in [3.63, 3.8) is 0 Å². The highest BCUT2D eigenvalue weighted by atomic mass is 32.2. The molecule has 0 aliphatic heterocycles. The van der Waals surface area contributed by atoms with E-state index in [-0.39, 0.29) is 19.0 Å². The van der Waals surface area contributed by atoms with Crippen LogP contribution in [0.4, 0.5) is 10.1 Å². The minimum atomic E-state index is -3.45. The van der Waals surface area contributed by atoms with Crippen LogP contribution in [0.1, 0.15) is 5.56 Å². The normalized spacial score (nSPS) is 11.9. The van der Waals surface area contributed by atoms with Gasteiger partial charge in [-0.15, -0.1) is 0 Å². The van der Waals surface area contributed by atoms with Gasteiger partial charge in [-0.2, -0.15) is 5.10 Å². The Morgan fingerprint density at radius 1 is 1.02 bits per heavy atom. The second kappa shape index (κ2) is 11.6. The molecule has 6 rings (SSSR count). The van der Waals surface area contributed by atoms with Crippen molar-refractivity contribution < 1.29 is 17.6 Å². The van der Waals surface area contributed by atoms with Gasteiger partial charge in [0.05, 0.1) is 53.1 Å². The van der Waals surface area contributed by atoms with E-state index >= 15 is 0 Å². The minimum absolute atomic E-state index is 0.0398. The lowest BCUT2D eigenvalue weighted by molar-refractivity contribution is -0.116. The molecule has 0 atom stereocenters. The number of benzene rings is 2. The lowest BCUT2D eigenvalue weighted by Crippen LogP contribution is -2.27. The molecule has 4 N–H and O–H groups in total. The number of aromatic amines is 2. The predicted octanol–water partition coefficient (Wildman–Crippen LogP) is 3.92. The highest BCUT2D eigenvalue weighted by Gasteiger charge is 2.17. The molecule has 1 amide bonds. The van der Waals surface area contributed by atoms with Crippen molar-refractivity contribution in [2.24, 2.45) is 0 Å². The summed E-state index contributed by atoms with van der Waals surface area (Å²) in [6.07, 6.45) is 5.97. The number of pyridine rings is 2. The first kappa shape index (κ1) is 29.0. The fourth-order valence-electron chi connectivity index (χ4n) is 4.89. The Labute approximate surface area is 251 Å². The molecule has 224 valence electrons. The van der Waals surface area contributed by atoms with Gasteiger partial charge in [0.25, 0.3) is 0 Å². The summed E-state index contributed by atoms with van der Waals surface area (Å²) in [7, 11) is 0.191. The molecule has 44 heavy (non-hydrogen) atoms. The lowest BCUT2D eigenvalue weighted by atomic mass is 10.0. The molecule has 0 fully saturated rings. The Balaban J connectivity index is 1.36. The van der Waals surface area contributed by atoms with Gasteiger partial charge in [-0.05, 0) is 61.6 Å². The van der Waals surface area contributed by atoms with Crippen LogP contribution in [0.3, 0.4) is 0 Å². The molecule has 0 saturated heterocycles. The number of halogens is 1. The number of fused-ring (bicyclic) bond motifs is 2. The number of rotatable bonds is 9. The molecule has 2 aromatic carbocycles. The van der Waals surface area contributed by atoms with E-state index < -0.39 is 15.8 Å². The number of nitrogens with one attached hydrogen (secondary N) is 4. The average molecular weight is 614 g/mol. The van der Waals surface area contributed by atoms with Crippen LogP contribution in [0.5, 0.6) is 0 Å². The summed E-state index contributed by atoms with van der Waals surface area (Å²) in [6.45, 7) is 0.203. The van der Waals surface area contributed by atoms with E-state index in [4.69, 9.17) is 4.98 Å². The van der Waals surface area contributed by atoms with Gasteiger partial charge in [0.1, 0.15) is 11.5 Å². The second-order valence-electron chi connectivity index (χ2n) is 10.7. The molecule has 0 unspecified atom stereocenters. The monoisotopic (exact) mass is 613 g/mol. The maximum Gasteiger partial charge on any atom is 0.238 e. The predicted molar refractivity (Wildman–Crippen MR) is 166 cm³/mol. The summed E-state index contributed by atoms with van der Waals surface area (Å²) in [5.74, 6) is -0.150. The minimum Gasteiger partial charge on any atom is -0.337 e. The number of H-pyrrole nitrogens is 2. The smallest absolute Gasteiger partial charge is 0.238 e. The van der Waals surface area contributed by atoms with E-state index in [0.717, 1.165) is 11.6 Å². The number of anilines is 1. The molecule has 12 nitrogen and oxygen atoms in total. The third kappa shape index (κ3) is 6.32. The fraction of sp³-hybridized carbons (Fsp3) is 0.167. The van der Waals surface area contributed by atoms with Crippen LogP contribution in [0.25, 0.3) is 55.8 Å². The van der Waals surface area contributed by atoms with Crippen molar-refractivity contribution in [3.8, 4) is 33.9 Å². The van der Waals surface area contributed by atoms with Crippen molar-refractivity contribution in [2.75, 3.05) is 32.2 Å². The zero-order valence-corrected chi connectivity index (χ0v) is 24.8. The number of likely N-dealkylation sites (N-methyl/N-ethyl adjacent to an activating group) is 1. The molecule has 0 radical (unpaired) electrons. The van der Waals surface area contributed by atoms with Crippen LogP contribution in [-0.4, -0.2) is 76.3 Å². The van der Waals surface area contributed by atoms with Crippen LogP contribution >= 0.6 is 0 Å². The molecule has 4 aromatic heterocycles. The van der Waals surface area contributed by atoms with Crippen LogP contribution in [-0.2, 0) is 21.4 Å². The lowest BCUT2D eigenvalue weighted by Gasteiger charge is -2.10. The quantitative estimate of drug-likeness (QED) is 0.191. The number of carbonyl (C=O) groups excluding carboxylic acids is 1. The van der Waals surface area contributed by atoms with Crippen LogP contribution in [0, 0.1) is 5.82 Å². The van der Waals surface area contributed by atoms with Gasteiger partial charge in [0.2, 0.25) is 15.9 Å². The highest BCUT2D eigenvalue weighted by Crippen LogP contribution is 2.33. The van der Waals surface area contributed by atoms with Crippen LogP contribution in [0.15, 0.2) is 67.1 Å². The van der Waals surface area contributed by atoms with Gasteiger partial charge in [-0.1, -0.05) is 12.1 Å². The van der Waals surface area contributed by atoms with Crippen molar-refractivity contribution in [3.05, 3.63) is 78.5 Å². The van der Waals surface area contributed by atoms with E-state index in [2.05, 4.69) is 35.2 Å². The van der Waals surface area contributed by atoms with Crippen LogP contribution < -0.4 is 10.0 Å². The number of hydrogen-bond donors (Lipinski definition) is 4. The highest BCUT2D eigenvalue weighted by molar-refractivity contribution is 7.88. The second-order valence-corrected chi connectivity index (χ2v) is 12.5. The van der Waals surface area contributed by atoms with E-state index in [0.29, 0.717) is 61.7 Å². The van der Waals surface area contributed by atoms with Crippen LogP contribution in [0.2, 0.25) is 0 Å². The third-order valence-corrected chi connectivity index (χ3v) is 7.44.